The highest BCUT2D eigenvalue weighted by atomic mass is 19.1. The Morgan fingerprint density at radius 3 is 2.26 bits per heavy atom. The quantitative estimate of drug-likeness (QED) is 0.679. The average Bonchev–Trinajstić information content (AvgIpc) is 3.07. The van der Waals surface area contributed by atoms with E-state index in [4.69, 9.17) is 18.6 Å². The average molecular weight is 375 g/mol. The highest BCUT2D eigenvalue weighted by molar-refractivity contribution is 5.65. The van der Waals surface area contributed by atoms with Crippen LogP contribution < -0.4 is 25.3 Å². The van der Waals surface area contributed by atoms with E-state index >= 15 is 0 Å². The molecule has 1 aromatic heterocycles. The number of halogens is 1. The largest absolute Gasteiger partial charge is 0.493 e. The summed E-state index contributed by atoms with van der Waals surface area (Å²) < 4.78 is 35.1. The minimum absolute atomic E-state index is 0.0540. The monoisotopic (exact) mass is 375 g/mol. The van der Waals surface area contributed by atoms with Crippen molar-refractivity contribution >= 4 is 5.69 Å². The van der Waals surface area contributed by atoms with Gasteiger partial charge < -0.3 is 23.9 Å². The highest BCUT2D eigenvalue weighted by Gasteiger charge is 2.18. The van der Waals surface area contributed by atoms with Crippen molar-refractivity contribution in [1.82, 2.24) is 9.78 Å². The third kappa shape index (κ3) is 3.86. The highest BCUT2D eigenvalue weighted by Crippen LogP contribution is 2.40. The summed E-state index contributed by atoms with van der Waals surface area (Å²) in [6, 6.07) is 9.00. The van der Waals surface area contributed by atoms with E-state index in [1.807, 2.05) is 0 Å². The molecule has 142 valence electrons. The number of aromatic nitrogens is 2. The van der Waals surface area contributed by atoms with E-state index in [-0.39, 0.29) is 18.4 Å². The van der Waals surface area contributed by atoms with Crippen LogP contribution in [0.1, 0.15) is 0 Å². The molecule has 0 amide bonds. The van der Waals surface area contributed by atoms with Gasteiger partial charge in [-0.15, -0.1) is 5.10 Å². The lowest BCUT2D eigenvalue weighted by atomic mass is 10.2. The molecule has 1 N–H and O–H groups in total. The third-order valence-corrected chi connectivity index (χ3v) is 3.80. The molecule has 27 heavy (non-hydrogen) atoms. The number of ether oxygens (including phenoxy) is 3. The molecule has 0 aliphatic rings. The van der Waals surface area contributed by atoms with Crippen molar-refractivity contribution in [3.05, 3.63) is 52.8 Å². The number of hydrogen-bond acceptors (Lipinski definition) is 7. The molecule has 0 unspecified atom stereocenters. The number of anilines is 1. The summed E-state index contributed by atoms with van der Waals surface area (Å²) in [7, 11) is 4.47. The van der Waals surface area contributed by atoms with Crippen molar-refractivity contribution in [1.29, 1.82) is 0 Å². The Labute approximate surface area is 154 Å². The fourth-order valence-corrected chi connectivity index (χ4v) is 2.46. The molecule has 9 heteroatoms. The first-order chi connectivity index (χ1) is 13.0. The molecule has 3 aromatic rings. The zero-order valence-electron chi connectivity index (χ0n) is 15.0. The smallest absolute Gasteiger partial charge is 0.439 e. The normalized spacial score (nSPS) is 10.5. The second-order valence-electron chi connectivity index (χ2n) is 5.43. The van der Waals surface area contributed by atoms with E-state index < -0.39 is 5.76 Å². The van der Waals surface area contributed by atoms with Gasteiger partial charge in [0, 0.05) is 11.3 Å². The zero-order chi connectivity index (χ0) is 19.4. The summed E-state index contributed by atoms with van der Waals surface area (Å²) >= 11 is 0. The van der Waals surface area contributed by atoms with Crippen molar-refractivity contribution in [2.24, 2.45) is 0 Å². The Balaban J connectivity index is 1.87. The Bertz CT molecular complexity index is 956. The van der Waals surface area contributed by atoms with Gasteiger partial charge in [-0.1, -0.05) is 0 Å². The maximum Gasteiger partial charge on any atom is 0.439 e. The number of hydrogen-bond donors (Lipinski definition) is 1. The maximum absolute atomic E-state index is 12.9. The van der Waals surface area contributed by atoms with E-state index in [1.165, 1.54) is 33.5 Å². The number of benzene rings is 2. The predicted molar refractivity (Wildman–Crippen MR) is 95.9 cm³/mol. The molecular weight excluding hydrogens is 357 g/mol. The van der Waals surface area contributed by atoms with Gasteiger partial charge in [0.15, 0.2) is 11.5 Å². The maximum atomic E-state index is 12.9. The minimum Gasteiger partial charge on any atom is -0.493 e. The minimum atomic E-state index is -0.645. The molecular formula is C18H18FN3O5. The van der Waals surface area contributed by atoms with Gasteiger partial charge in [-0.2, -0.15) is 4.68 Å². The molecule has 0 saturated heterocycles. The molecule has 0 bridgehead atoms. The molecule has 0 fully saturated rings. The number of nitrogens with zero attached hydrogens (tertiary/aromatic N) is 2. The molecule has 0 aliphatic heterocycles. The number of methoxy groups -OCH3 is 3. The summed E-state index contributed by atoms with van der Waals surface area (Å²) in [5.74, 6) is 0.350. The van der Waals surface area contributed by atoms with Crippen molar-refractivity contribution in [3.8, 4) is 28.7 Å². The van der Waals surface area contributed by atoms with E-state index in [0.717, 1.165) is 4.68 Å². The lowest BCUT2D eigenvalue weighted by Gasteiger charge is -2.12. The van der Waals surface area contributed by atoms with E-state index in [2.05, 4.69) is 10.4 Å². The fourth-order valence-electron chi connectivity index (χ4n) is 2.46. The molecule has 0 atom stereocenters. The van der Waals surface area contributed by atoms with Crippen LogP contribution in [0.25, 0.3) is 11.5 Å². The topological polar surface area (TPSA) is 87.8 Å². The molecule has 1 heterocycles. The van der Waals surface area contributed by atoms with Gasteiger partial charge in [0.05, 0.1) is 21.3 Å². The van der Waals surface area contributed by atoms with Gasteiger partial charge in [0.25, 0.3) is 0 Å². The Kier molecular flexibility index (Phi) is 5.30. The van der Waals surface area contributed by atoms with Gasteiger partial charge >= 0.3 is 5.76 Å². The lowest BCUT2D eigenvalue weighted by Crippen LogP contribution is -2.20. The van der Waals surface area contributed by atoms with Crippen LogP contribution in [0.15, 0.2) is 45.6 Å². The van der Waals surface area contributed by atoms with Crippen molar-refractivity contribution in [3.63, 3.8) is 0 Å². The summed E-state index contributed by atoms with van der Waals surface area (Å²) in [6.45, 7) is 0.0540. The SMILES string of the molecule is COc1cc(-c2nn(CNc3ccc(F)cc3)c(=O)o2)cc(OC)c1OC. The molecule has 0 aliphatic carbocycles. The van der Waals surface area contributed by atoms with Crippen LogP contribution in [-0.2, 0) is 6.67 Å². The van der Waals surface area contributed by atoms with Crippen LogP contribution >= 0.6 is 0 Å². The van der Waals surface area contributed by atoms with Crippen LogP contribution in [0.2, 0.25) is 0 Å². The summed E-state index contributed by atoms with van der Waals surface area (Å²) in [6.07, 6.45) is 0. The lowest BCUT2D eigenvalue weighted by molar-refractivity contribution is 0.324. The molecule has 3 rings (SSSR count). The standard InChI is InChI=1S/C18H18FN3O5/c1-24-14-8-11(9-15(25-2)16(14)26-3)17-21-22(18(23)27-17)10-20-13-6-4-12(19)5-7-13/h4-9,20H,10H2,1-3H3. The summed E-state index contributed by atoms with van der Waals surface area (Å²) in [5.41, 5.74) is 1.13. The van der Waals surface area contributed by atoms with E-state index in [9.17, 15) is 9.18 Å². The van der Waals surface area contributed by atoms with Gasteiger partial charge in [0.1, 0.15) is 12.5 Å². The molecule has 0 radical (unpaired) electrons. The first-order valence-electron chi connectivity index (χ1n) is 7.93. The van der Waals surface area contributed by atoms with Crippen molar-refractivity contribution in [2.45, 2.75) is 6.67 Å². The van der Waals surface area contributed by atoms with Crippen LogP contribution in [-0.4, -0.2) is 31.1 Å². The molecule has 0 saturated carbocycles. The first kappa shape index (κ1) is 18.3. The van der Waals surface area contributed by atoms with Gasteiger partial charge in [-0.3, -0.25) is 0 Å². The van der Waals surface area contributed by atoms with Crippen LogP contribution in [0.4, 0.5) is 10.1 Å². The summed E-state index contributed by atoms with van der Waals surface area (Å²) in [4.78, 5) is 12.1. The van der Waals surface area contributed by atoms with Crippen LogP contribution in [0.5, 0.6) is 17.2 Å². The van der Waals surface area contributed by atoms with Gasteiger partial charge in [-0.25, -0.2) is 9.18 Å². The predicted octanol–water partition coefficient (Wildman–Crippen LogP) is 2.74. The number of nitrogens with one attached hydrogen (secondary N) is 1. The first-order valence-corrected chi connectivity index (χ1v) is 7.93. The molecule has 8 nitrogen and oxygen atoms in total. The zero-order valence-corrected chi connectivity index (χ0v) is 15.0. The van der Waals surface area contributed by atoms with Crippen LogP contribution in [0, 0.1) is 5.82 Å². The van der Waals surface area contributed by atoms with Crippen molar-refractivity contribution < 1.29 is 23.0 Å². The van der Waals surface area contributed by atoms with Gasteiger partial charge in [0.2, 0.25) is 11.6 Å². The molecule has 0 spiro atoms. The molecule has 2 aromatic carbocycles. The van der Waals surface area contributed by atoms with Gasteiger partial charge in [-0.05, 0) is 36.4 Å². The van der Waals surface area contributed by atoms with E-state index in [0.29, 0.717) is 28.5 Å². The Morgan fingerprint density at radius 1 is 1.07 bits per heavy atom. The second kappa shape index (κ2) is 7.81. The number of rotatable bonds is 7. The van der Waals surface area contributed by atoms with E-state index in [1.54, 1.807) is 24.3 Å². The van der Waals surface area contributed by atoms with Crippen LogP contribution in [0.3, 0.4) is 0 Å². The third-order valence-electron chi connectivity index (χ3n) is 3.80. The fraction of sp³-hybridized carbons (Fsp3) is 0.222. The second-order valence-corrected chi connectivity index (χ2v) is 5.43. The Hall–Kier alpha value is -3.49. The summed E-state index contributed by atoms with van der Waals surface area (Å²) in [5, 5.41) is 7.13. The van der Waals surface area contributed by atoms with Crippen molar-refractivity contribution in [2.75, 3.05) is 26.6 Å². The Morgan fingerprint density at radius 2 is 1.70 bits per heavy atom.